The number of halogens is 1. The summed E-state index contributed by atoms with van der Waals surface area (Å²) in [6.07, 6.45) is 1.36. The van der Waals surface area contributed by atoms with Gasteiger partial charge in [-0.25, -0.2) is 19.3 Å². The second-order valence-electron chi connectivity index (χ2n) is 6.94. The molecule has 1 aromatic carbocycles. The number of pyridine rings is 1. The molecule has 0 atom stereocenters. The minimum Gasteiger partial charge on any atom is -0.488 e. The lowest BCUT2D eigenvalue weighted by atomic mass is 10.0. The molecule has 2 aromatic heterocycles. The van der Waals surface area contributed by atoms with E-state index in [-0.39, 0.29) is 28.8 Å². The Bertz CT molecular complexity index is 1170. The van der Waals surface area contributed by atoms with Crippen molar-refractivity contribution < 1.29 is 13.9 Å². The van der Waals surface area contributed by atoms with Crippen LogP contribution >= 0.6 is 0 Å². The van der Waals surface area contributed by atoms with Crippen LogP contribution in [0.2, 0.25) is 0 Å². The Labute approximate surface area is 178 Å². The molecule has 1 amide bonds. The van der Waals surface area contributed by atoms with Crippen molar-refractivity contribution in [2.75, 3.05) is 24.6 Å². The second kappa shape index (κ2) is 9.21. The molecule has 3 rings (SSSR count). The summed E-state index contributed by atoms with van der Waals surface area (Å²) in [6, 6.07) is 6.05. The van der Waals surface area contributed by atoms with Gasteiger partial charge in [-0.1, -0.05) is 0 Å². The van der Waals surface area contributed by atoms with Crippen LogP contribution < -0.4 is 21.1 Å². The van der Waals surface area contributed by atoms with E-state index >= 15 is 0 Å². The zero-order valence-electron chi connectivity index (χ0n) is 17.4. The van der Waals surface area contributed by atoms with Crippen LogP contribution in [0.15, 0.2) is 24.5 Å². The van der Waals surface area contributed by atoms with E-state index < -0.39 is 11.7 Å². The van der Waals surface area contributed by atoms with Crippen molar-refractivity contribution in [2.24, 2.45) is 0 Å². The quantitative estimate of drug-likeness (QED) is 0.526. The first-order chi connectivity index (χ1) is 14.8. The summed E-state index contributed by atoms with van der Waals surface area (Å²) in [6.45, 7) is 3.98. The Morgan fingerprint density at radius 2 is 2.13 bits per heavy atom. The Morgan fingerprint density at radius 1 is 1.35 bits per heavy atom. The molecule has 0 aliphatic carbocycles. The van der Waals surface area contributed by atoms with E-state index in [0.717, 1.165) is 0 Å². The number of hydrogen-bond acceptors (Lipinski definition) is 8. The van der Waals surface area contributed by atoms with E-state index in [9.17, 15) is 14.4 Å². The number of aromatic nitrogens is 3. The van der Waals surface area contributed by atoms with Gasteiger partial charge in [0.05, 0.1) is 22.9 Å². The minimum atomic E-state index is -0.477. The molecule has 0 spiro atoms. The predicted octanol–water partition coefficient (Wildman–Crippen LogP) is 2.42. The van der Waals surface area contributed by atoms with Crippen molar-refractivity contribution in [2.45, 2.75) is 26.4 Å². The van der Waals surface area contributed by atoms with E-state index in [2.05, 4.69) is 25.6 Å². The highest BCUT2D eigenvalue weighted by atomic mass is 19.1. The number of rotatable bonds is 7. The van der Waals surface area contributed by atoms with Gasteiger partial charge < -0.3 is 21.1 Å². The summed E-state index contributed by atoms with van der Waals surface area (Å²) in [7, 11) is 1.50. The molecule has 160 valence electrons. The van der Waals surface area contributed by atoms with Crippen LogP contribution in [0.1, 0.15) is 35.5 Å². The molecule has 0 aliphatic heterocycles. The van der Waals surface area contributed by atoms with Gasteiger partial charge in [-0.3, -0.25) is 4.79 Å². The van der Waals surface area contributed by atoms with E-state index in [1.54, 1.807) is 0 Å². The highest BCUT2D eigenvalue weighted by Gasteiger charge is 2.23. The summed E-state index contributed by atoms with van der Waals surface area (Å²) in [5.74, 6) is -0.211. The number of ether oxygens (including phenoxy) is 1. The Balaban J connectivity index is 2.03. The smallest absolute Gasteiger partial charge is 0.255 e. The molecule has 0 bridgehead atoms. The molecular weight excluding hydrogens is 401 g/mol. The van der Waals surface area contributed by atoms with Crippen LogP contribution in [0.3, 0.4) is 0 Å². The van der Waals surface area contributed by atoms with Crippen molar-refractivity contribution in [3.63, 3.8) is 0 Å². The SMILES string of the molecule is CNC(=O)c1c(OC(C)C)c(CCNc2ncnc(N)c2C#N)nc2ccc(F)cc12. The Kier molecular flexibility index (Phi) is 6.45. The van der Waals surface area contributed by atoms with Gasteiger partial charge in [0.2, 0.25) is 0 Å². The lowest BCUT2D eigenvalue weighted by Crippen LogP contribution is -2.22. The maximum Gasteiger partial charge on any atom is 0.255 e. The first-order valence-electron chi connectivity index (χ1n) is 9.61. The van der Waals surface area contributed by atoms with Crippen LogP contribution in [0.4, 0.5) is 16.0 Å². The van der Waals surface area contributed by atoms with Gasteiger partial charge in [-0.15, -0.1) is 0 Å². The molecule has 3 aromatic rings. The number of nitrogens with zero attached hydrogens (tertiary/aromatic N) is 4. The number of nitrogens with one attached hydrogen (secondary N) is 2. The second-order valence-corrected chi connectivity index (χ2v) is 6.94. The van der Waals surface area contributed by atoms with Crippen LogP contribution in [0.25, 0.3) is 10.9 Å². The summed E-state index contributed by atoms with van der Waals surface area (Å²) in [5.41, 5.74) is 7.07. The molecule has 4 N–H and O–H groups in total. The number of fused-ring (bicyclic) bond motifs is 1. The molecule has 0 radical (unpaired) electrons. The molecule has 0 saturated heterocycles. The summed E-state index contributed by atoms with van der Waals surface area (Å²) < 4.78 is 19.9. The number of nitriles is 1. The van der Waals surface area contributed by atoms with Crippen molar-refractivity contribution in [3.8, 4) is 11.8 Å². The van der Waals surface area contributed by atoms with Crippen LogP contribution in [0.5, 0.6) is 5.75 Å². The molecule has 2 heterocycles. The summed E-state index contributed by atoms with van der Waals surface area (Å²) >= 11 is 0. The average molecular weight is 423 g/mol. The van der Waals surface area contributed by atoms with E-state index in [1.165, 1.54) is 31.6 Å². The lowest BCUT2D eigenvalue weighted by Gasteiger charge is -2.19. The number of amides is 1. The highest BCUT2D eigenvalue weighted by Crippen LogP contribution is 2.32. The summed E-state index contributed by atoms with van der Waals surface area (Å²) in [5, 5.41) is 15.3. The number of hydrogen-bond donors (Lipinski definition) is 3. The Hall–Kier alpha value is -4.00. The number of nitrogen functional groups attached to an aromatic ring is 1. The molecule has 31 heavy (non-hydrogen) atoms. The van der Waals surface area contributed by atoms with Gasteiger partial charge in [-0.2, -0.15) is 5.26 Å². The van der Waals surface area contributed by atoms with Gasteiger partial charge in [0, 0.05) is 25.4 Å². The topological polar surface area (TPSA) is 139 Å². The van der Waals surface area contributed by atoms with Crippen molar-refractivity contribution in [1.82, 2.24) is 20.3 Å². The van der Waals surface area contributed by atoms with Crippen molar-refractivity contribution in [1.29, 1.82) is 5.26 Å². The fourth-order valence-corrected chi connectivity index (χ4v) is 3.09. The molecule has 0 fully saturated rings. The molecule has 9 nitrogen and oxygen atoms in total. The molecular formula is C21H22FN7O2. The van der Waals surface area contributed by atoms with Crippen molar-refractivity contribution >= 4 is 28.4 Å². The fourth-order valence-electron chi connectivity index (χ4n) is 3.09. The number of nitrogens with two attached hydrogens (primary N) is 1. The normalized spacial score (nSPS) is 10.7. The van der Waals surface area contributed by atoms with E-state index in [1.807, 2.05) is 19.9 Å². The van der Waals surface area contributed by atoms with Crippen LogP contribution in [-0.2, 0) is 6.42 Å². The van der Waals surface area contributed by atoms with Crippen LogP contribution in [-0.4, -0.2) is 40.6 Å². The highest BCUT2D eigenvalue weighted by molar-refractivity contribution is 6.08. The number of benzene rings is 1. The molecule has 0 unspecified atom stereocenters. The van der Waals surface area contributed by atoms with Gasteiger partial charge >= 0.3 is 0 Å². The molecule has 10 heteroatoms. The zero-order valence-corrected chi connectivity index (χ0v) is 17.4. The number of anilines is 2. The zero-order chi connectivity index (χ0) is 22.5. The van der Waals surface area contributed by atoms with Gasteiger partial charge in [0.25, 0.3) is 5.91 Å². The molecule has 0 saturated carbocycles. The Morgan fingerprint density at radius 3 is 2.81 bits per heavy atom. The van der Waals surface area contributed by atoms with Crippen molar-refractivity contribution in [3.05, 3.63) is 47.2 Å². The van der Waals surface area contributed by atoms with Gasteiger partial charge in [0.15, 0.2) is 5.75 Å². The molecule has 0 aliphatic rings. The maximum atomic E-state index is 13.9. The largest absolute Gasteiger partial charge is 0.488 e. The third-order valence-corrected chi connectivity index (χ3v) is 4.42. The standard InChI is InChI=1S/C21H22FN7O2/c1-11(2)31-18-16(6-7-26-20-14(9-23)19(24)27-10-28-20)29-15-5-4-12(22)8-13(15)17(18)21(30)25-3/h4-5,8,10-11H,6-7H2,1-3H3,(H,25,30)(H3,24,26,27,28). The average Bonchev–Trinajstić information content (AvgIpc) is 2.73. The third-order valence-electron chi connectivity index (χ3n) is 4.42. The van der Waals surface area contributed by atoms with Gasteiger partial charge in [0.1, 0.15) is 35.4 Å². The third kappa shape index (κ3) is 4.61. The van der Waals surface area contributed by atoms with Gasteiger partial charge in [-0.05, 0) is 32.0 Å². The van der Waals surface area contributed by atoms with E-state index in [0.29, 0.717) is 35.4 Å². The fraction of sp³-hybridized carbons (Fsp3) is 0.286. The first-order valence-corrected chi connectivity index (χ1v) is 9.61. The lowest BCUT2D eigenvalue weighted by molar-refractivity contribution is 0.0958. The monoisotopic (exact) mass is 423 g/mol. The number of carbonyl (C=O) groups is 1. The minimum absolute atomic E-state index is 0.0802. The maximum absolute atomic E-state index is 13.9. The summed E-state index contributed by atoms with van der Waals surface area (Å²) in [4.78, 5) is 25.1. The van der Waals surface area contributed by atoms with Crippen LogP contribution in [0, 0.1) is 17.1 Å². The number of carbonyl (C=O) groups excluding carboxylic acids is 1. The first kappa shape index (κ1) is 21.7. The van der Waals surface area contributed by atoms with E-state index in [4.69, 9.17) is 10.5 Å². The predicted molar refractivity (Wildman–Crippen MR) is 114 cm³/mol.